The summed E-state index contributed by atoms with van der Waals surface area (Å²) in [6, 6.07) is 9.56. The van der Waals surface area contributed by atoms with Gasteiger partial charge >= 0.3 is 0 Å². The number of aryl methyl sites for hydroxylation is 1. The first-order chi connectivity index (χ1) is 7.66. The summed E-state index contributed by atoms with van der Waals surface area (Å²) in [4.78, 5) is 0. The maximum atomic E-state index is 3.70. The van der Waals surface area contributed by atoms with Gasteiger partial charge in [0.25, 0.3) is 0 Å². The molecule has 1 nitrogen and oxygen atoms in total. The maximum Gasteiger partial charge on any atom is 0.0208 e. The van der Waals surface area contributed by atoms with Crippen LogP contribution in [0.3, 0.4) is 0 Å². The molecule has 1 heteroatoms. The number of rotatable bonds is 3. The van der Waals surface area contributed by atoms with Gasteiger partial charge in [0.2, 0.25) is 0 Å². The molecule has 1 fully saturated rings. The zero-order valence-electron chi connectivity index (χ0n) is 10.7. The monoisotopic (exact) mass is 217 g/mol. The fourth-order valence-corrected chi connectivity index (χ4v) is 2.61. The van der Waals surface area contributed by atoms with Gasteiger partial charge in [-0.15, -0.1) is 0 Å². The molecular formula is C15H23N. The highest BCUT2D eigenvalue weighted by atomic mass is 14.9. The van der Waals surface area contributed by atoms with Crippen molar-refractivity contribution >= 4 is 0 Å². The Bertz CT molecular complexity index is 328. The molecule has 1 aliphatic rings. The predicted molar refractivity (Wildman–Crippen MR) is 69.4 cm³/mol. The van der Waals surface area contributed by atoms with E-state index < -0.39 is 0 Å². The van der Waals surface area contributed by atoms with Crippen molar-refractivity contribution < 1.29 is 0 Å². The van der Waals surface area contributed by atoms with Crippen molar-refractivity contribution in [3.8, 4) is 0 Å². The molecule has 0 aromatic heterocycles. The largest absolute Gasteiger partial charge is 0.310 e. The molecule has 0 radical (unpaired) electrons. The molecule has 16 heavy (non-hydrogen) atoms. The van der Waals surface area contributed by atoms with Gasteiger partial charge in [0.15, 0.2) is 0 Å². The Morgan fingerprint density at radius 1 is 1.12 bits per heavy atom. The van der Waals surface area contributed by atoms with Gasteiger partial charge < -0.3 is 5.32 Å². The molecule has 3 unspecified atom stereocenters. The molecular weight excluding hydrogens is 194 g/mol. The van der Waals surface area contributed by atoms with Crippen LogP contribution < -0.4 is 5.32 Å². The summed E-state index contributed by atoms with van der Waals surface area (Å²) in [6.07, 6.45) is 2.72. The van der Waals surface area contributed by atoms with Crippen molar-refractivity contribution in [3.63, 3.8) is 0 Å². The second-order valence-electron chi connectivity index (χ2n) is 5.39. The zero-order chi connectivity index (χ0) is 11.5. The topological polar surface area (TPSA) is 12.0 Å². The summed E-state index contributed by atoms with van der Waals surface area (Å²) in [6.45, 7) is 7.91. The van der Waals surface area contributed by atoms with Crippen molar-refractivity contribution in [2.45, 2.75) is 46.2 Å². The van der Waals surface area contributed by atoms with Crippen molar-refractivity contribution in [2.75, 3.05) is 0 Å². The van der Waals surface area contributed by atoms with E-state index >= 15 is 0 Å². The molecule has 0 bridgehead atoms. The number of benzene rings is 1. The maximum absolute atomic E-state index is 3.70. The molecule has 1 N–H and O–H groups in total. The van der Waals surface area contributed by atoms with E-state index in [1.54, 1.807) is 0 Å². The Morgan fingerprint density at radius 2 is 1.81 bits per heavy atom. The molecule has 1 aromatic rings. The average Bonchev–Trinajstić information content (AvgIpc) is 2.60. The highest BCUT2D eigenvalue weighted by Crippen LogP contribution is 2.31. The van der Waals surface area contributed by atoms with Gasteiger partial charge in [-0.05, 0) is 37.2 Å². The van der Waals surface area contributed by atoms with Crippen LogP contribution >= 0.6 is 0 Å². The van der Waals surface area contributed by atoms with Gasteiger partial charge in [-0.3, -0.25) is 0 Å². The number of nitrogens with one attached hydrogen (secondary N) is 1. The molecule has 0 heterocycles. The second-order valence-corrected chi connectivity index (χ2v) is 5.39. The lowest BCUT2D eigenvalue weighted by Gasteiger charge is -2.19. The Labute approximate surface area is 99.3 Å². The summed E-state index contributed by atoms with van der Waals surface area (Å²) in [7, 11) is 0. The highest BCUT2D eigenvalue weighted by Gasteiger charge is 2.28. The van der Waals surface area contributed by atoms with Crippen LogP contribution in [0.4, 0.5) is 0 Å². The molecule has 3 atom stereocenters. The first-order valence-corrected chi connectivity index (χ1v) is 6.46. The van der Waals surface area contributed by atoms with Gasteiger partial charge in [-0.25, -0.2) is 0 Å². The van der Waals surface area contributed by atoms with Crippen LogP contribution in [-0.2, 0) is 6.54 Å². The normalized spacial score (nSPS) is 29.6. The minimum atomic E-state index is 0.719. The first kappa shape index (κ1) is 11.7. The fraction of sp³-hybridized carbons (Fsp3) is 0.600. The summed E-state index contributed by atoms with van der Waals surface area (Å²) in [5.41, 5.74) is 2.74. The fourth-order valence-electron chi connectivity index (χ4n) is 2.61. The van der Waals surface area contributed by atoms with Crippen LogP contribution in [0, 0.1) is 18.8 Å². The smallest absolute Gasteiger partial charge is 0.0208 e. The summed E-state index contributed by atoms with van der Waals surface area (Å²) >= 11 is 0. The van der Waals surface area contributed by atoms with Crippen molar-refractivity contribution in [1.29, 1.82) is 0 Å². The summed E-state index contributed by atoms with van der Waals surface area (Å²) < 4.78 is 0. The van der Waals surface area contributed by atoms with Crippen LogP contribution in [0.15, 0.2) is 24.3 Å². The van der Waals surface area contributed by atoms with E-state index in [1.165, 1.54) is 24.0 Å². The molecule has 1 saturated carbocycles. The van der Waals surface area contributed by atoms with Crippen LogP contribution in [0.2, 0.25) is 0 Å². The lowest BCUT2D eigenvalue weighted by atomic mass is 9.97. The van der Waals surface area contributed by atoms with Crippen molar-refractivity contribution in [3.05, 3.63) is 35.4 Å². The van der Waals surface area contributed by atoms with Crippen molar-refractivity contribution in [1.82, 2.24) is 5.32 Å². The van der Waals surface area contributed by atoms with Gasteiger partial charge in [0, 0.05) is 12.6 Å². The summed E-state index contributed by atoms with van der Waals surface area (Å²) in [5, 5.41) is 3.70. The van der Waals surface area contributed by atoms with E-state index in [0.717, 1.165) is 24.4 Å². The molecule has 1 aliphatic carbocycles. The first-order valence-electron chi connectivity index (χ1n) is 6.46. The molecule has 0 spiro atoms. The van der Waals surface area contributed by atoms with E-state index in [2.05, 4.69) is 50.4 Å². The number of hydrogen-bond acceptors (Lipinski definition) is 1. The van der Waals surface area contributed by atoms with E-state index in [4.69, 9.17) is 0 Å². The lowest BCUT2D eigenvalue weighted by Crippen LogP contribution is -2.31. The van der Waals surface area contributed by atoms with Crippen LogP contribution in [0.5, 0.6) is 0 Å². The molecule has 1 aromatic carbocycles. The summed E-state index contributed by atoms with van der Waals surface area (Å²) in [5.74, 6) is 1.71. The van der Waals surface area contributed by atoms with Gasteiger partial charge in [0.1, 0.15) is 0 Å². The van der Waals surface area contributed by atoms with E-state index in [9.17, 15) is 0 Å². The predicted octanol–water partition coefficient (Wildman–Crippen LogP) is 3.52. The lowest BCUT2D eigenvalue weighted by molar-refractivity contribution is 0.370. The van der Waals surface area contributed by atoms with Crippen LogP contribution in [-0.4, -0.2) is 6.04 Å². The Morgan fingerprint density at radius 3 is 2.38 bits per heavy atom. The zero-order valence-corrected chi connectivity index (χ0v) is 10.7. The third-order valence-corrected chi connectivity index (χ3v) is 4.15. The molecule has 0 saturated heterocycles. The Balaban J connectivity index is 1.86. The third kappa shape index (κ3) is 2.65. The standard InChI is InChI=1S/C15H23N/c1-11-4-7-14(8-5-11)10-16-15-9-6-12(2)13(15)3/h4-5,7-8,12-13,15-16H,6,9-10H2,1-3H3. The van der Waals surface area contributed by atoms with Crippen LogP contribution in [0.25, 0.3) is 0 Å². The molecule has 2 rings (SSSR count). The minimum Gasteiger partial charge on any atom is -0.310 e. The third-order valence-electron chi connectivity index (χ3n) is 4.15. The average molecular weight is 217 g/mol. The second kappa shape index (κ2) is 5.01. The van der Waals surface area contributed by atoms with E-state index in [1.807, 2.05) is 0 Å². The Kier molecular flexibility index (Phi) is 3.65. The quantitative estimate of drug-likeness (QED) is 0.817. The van der Waals surface area contributed by atoms with Gasteiger partial charge in [-0.2, -0.15) is 0 Å². The molecule has 88 valence electrons. The molecule has 0 amide bonds. The minimum absolute atomic E-state index is 0.719. The van der Waals surface area contributed by atoms with Gasteiger partial charge in [-0.1, -0.05) is 43.7 Å². The van der Waals surface area contributed by atoms with E-state index in [-0.39, 0.29) is 0 Å². The highest BCUT2D eigenvalue weighted by molar-refractivity contribution is 5.21. The Hall–Kier alpha value is -0.820. The van der Waals surface area contributed by atoms with Crippen LogP contribution in [0.1, 0.15) is 37.8 Å². The SMILES string of the molecule is Cc1ccc(CNC2CCC(C)C2C)cc1. The number of hydrogen-bond donors (Lipinski definition) is 1. The molecule has 0 aliphatic heterocycles. The van der Waals surface area contributed by atoms with Crippen molar-refractivity contribution in [2.24, 2.45) is 11.8 Å². The van der Waals surface area contributed by atoms with Gasteiger partial charge in [0.05, 0.1) is 0 Å². The van der Waals surface area contributed by atoms with E-state index in [0.29, 0.717) is 0 Å².